The molecule has 1 rings (SSSR count). The predicted octanol–water partition coefficient (Wildman–Crippen LogP) is 0.983. The summed E-state index contributed by atoms with van der Waals surface area (Å²) in [5, 5.41) is 2.44. The van der Waals surface area contributed by atoms with Crippen LogP contribution in [0.25, 0.3) is 0 Å². The molecule has 0 fully saturated rings. The van der Waals surface area contributed by atoms with Gasteiger partial charge in [0.05, 0.1) is 6.04 Å². The standard InChI is InChI=1S/C11H11FNO2/c1-8(15)13-11(7-14)6-9-2-4-10(12)5-3-9/h2-5,11H,6H2,1H3,(H,13,15)/t11-/m0/s1. The maximum Gasteiger partial charge on any atom is 0.223 e. The molecule has 3 nitrogen and oxygen atoms in total. The zero-order valence-electron chi connectivity index (χ0n) is 8.29. The van der Waals surface area contributed by atoms with Crippen LogP contribution in [0.1, 0.15) is 12.5 Å². The summed E-state index contributed by atoms with van der Waals surface area (Å²) in [7, 11) is 0. The highest BCUT2D eigenvalue weighted by Crippen LogP contribution is 2.05. The Morgan fingerprint density at radius 2 is 2.07 bits per heavy atom. The minimum atomic E-state index is -0.673. The van der Waals surface area contributed by atoms with E-state index in [0.717, 1.165) is 5.56 Å². The average Bonchev–Trinajstić information content (AvgIpc) is 2.19. The van der Waals surface area contributed by atoms with Crippen molar-refractivity contribution in [3.63, 3.8) is 0 Å². The smallest absolute Gasteiger partial charge is 0.223 e. The summed E-state index contributed by atoms with van der Waals surface area (Å²) in [6.45, 7) is 1.33. The van der Waals surface area contributed by atoms with Crippen LogP contribution in [0, 0.1) is 5.82 Å². The second-order valence-electron chi connectivity index (χ2n) is 3.20. The molecule has 0 aromatic heterocycles. The summed E-state index contributed by atoms with van der Waals surface area (Å²) in [6.07, 6.45) is 2.04. The first-order chi connectivity index (χ1) is 7.11. The Bertz CT molecular complexity index is 348. The fraction of sp³-hybridized carbons (Fsp3) is 0.273. The topological polar surface area (TPSA) is 46.2 Å². The van der Waals surface area contributed by atoms with Gasteiger partial charge in [-0.2, -0.15) is 0 Å². The van der Waals surface area contributed by atoms with Crippen molar-refractivity contribution in [3.05, 3.63) is 35.6 Å². The number of amides is 1. The molecule has 0 aliphatic carbocycles. The molecule has 0 unspecified atom stereocenters. The van der Waals surface area contributed by atoms with E-state index in [1.807, 2.05) is 0 Å². The third-order valence-corrected chi connectivity index (χ3v) is 1.87. The summed E-state index contributed by atoms with van der Waals surface area (Å²) in [5.41, 5.74) is 0.776. The largest absolute Gasteiger partial charge is 0.346 e. The van der Waals surface area contributed by atoms with E-state index in [9.17, 15) is 14.0 Å². The first-order valence-corrected chi connectivity index (χ1v) is 4.51. The quantitative estimate of drug-likeness (QED) is 0.801. The van der Waals surface area contributed by atoms with Crippen molar-refractivity contribution in [2.24, 2.45) is 0 Å². The van der Waals surface area contributed by atoms with Crippen molar-refractivity contribution in [2.45, 2.75) is 19.4 Å². The first kappa shape index (κ1) is 11.4. The Balaban J connectivity index is 2.62. The summed E-state index contributed by atoms with van der Waals surface area (Å²) < 4.78 is 12.6. The summed E-state index contributed by atoms with van der Waals surface area (Å²) >= 11 is 0. The minimum absolute atomic E-state index is 0.287. The van der Waals surface area contributed by atoms with Crippen LogP contribution in [0.5, 0.6) is 0 Å². The molecule has 1 aromatic carbocycles. The third-order valence-electron chi connectivity index (χ3n) is 1.87. The third kappa shape index (κ3) is 3.89. The van der Waals surface area contributed by atoms with E-state index in [1.54, 1.807) is 18.4 Å². The molecule has 1 atom stereocenters. The molecular formula is C11H11FNO2. The van der Waals surface area contributed by atoms with Gasteiger partial charge in [0.2, 0.25) is 12.2 Å². The number of halogens is 1. The zero-order valence-corrected chi connectivity index (χ0v) is 8.29. The Labute approximate surface area is 87.3 Å². The van der Waals surface area contributed by atoms with Crippen LogP contribution >= 0.6 is 0 Å². The number of carbonyl (C=O) groups excluding carboxylic acids is 2. The molecule has 1 aromatic rings. The van der Waals surface area contributed by atoms with Gasteiger partial charge in [0.1, 0.15) is 5.82 Å². The van der Waals surface area contributed by atoms with Gasteiger partial charge in [0, 0.05) is 13.3 Å². The lowest BCUT2D eigenvalue weighted by molar-refractivity contribution is -0.119. The number of rotatable bonds is 4. The highest BCUT2D eigenvalue weighted by Gasteiger charge is 2.10. The Morgan fingerprint density at radius 3 is 2.53 bits per heavy atom. The predicted molar refractivity (Wildman–Crippen MR) is 53.4 cm³/mol. The number of hydrogen-bond acceptors (Lipinski definition) is 2. The van der Waals surface area contributed by atoms with Gasteiger partial charge in [-0.3, -0.25) is 9.59 Å². The van der Waals surface area contributed by atoms with Crippen molar-refractivity contribution >= 4 is 12.2 Å². The van der Waals surface area contributed by atoms with Crippen molar-refractivity contribution < 1.29 is 14.0 Å². The van der Waals surface area contributed by atoms with Crippen LogP contribution in [0.3, 0.4) is 0 Å². The number of benzene rings is 1. The first-order valence-electron chi connectivity index (χ1n) is 4.51. The molecular weight excluding hydrogens is 197 g/mol. The fourth-order valence-electron chi connectivity index (χ4n) is 1.22. The van der Waals surface area contributed by atoms with Crippen molar-refractivity contribution in [1.29, 1.82) is 0 Å². The van der Waals surface area contributed by atoms with Gasteiger partial charge in [0.15, 0.2) is 0 Å². The monoisotopic (exact) mass is 208 g/mol. The molecule has 1 N–H and O–H groups in total. The fourth-order valence-corrected chi connectivity index (χ4v) is 1.22. The summed E-state index contributed by atoms with van der Waals surface area (Å²) in [6, 6.07) is 5.09. The maximum atomic E-state index is 12.6. The van der Waals surface area contributed by atoms with Gasteiger partial charge >= 0.3 is 0 Å². The summed E-state index contributed by atoms with van der Waals surface area (Å²) in [4.78, 5) is 21.2. The molecule has 0 saturated carbocycles. The van der Waals surface area contributed by atoms with Crippen molar-refractivity contribution in [2.75, 3.05) is 0 Å². The van der Waals surface area contributed by atoms with E-state index in [1.165, 1.54) is 19.1 Å². The van der Waals surface area contributed by atoms with Crippen LogP contribution in [0.4, 0.5) is 4.39 Å². The van der Waals surface area contributed by atoms with Gasteiger partial charge in [0.25, 0.3) is 0 Å². The van der Waals surface area contributed by atoms with Crippen LogP contribution < -0.4 is 5.32 Å². The van der Waals surface area contributed by atoms with Crippen LogP contribution in [-0.2, 0) is 16.0 Å². The van der Waals surface area contributed by atoms with E-state index >= 15 is 0 Å². The minimum Gasteiger partial charge on any atom is -0.346 e. The van der Waals surface area contributed by atoms with Crippen molar-refractivity contribution in [1.82, 2.24) is 5.32 Å². The van der Waals surface area contributed by atoms with Gasteiger partial charge in [-0.15, -0.1) is 0 Å². The lowest BCUT2D eigenvalue weighted by Gasteiger charge is -2.09. The lowest BCUT2D eigenvalue weighted by atomic mass is 10.1. The SMILES string of the molecule is CC(=O)N[C@H]([C]=O)Cc1ccc(F)cc1. The van der Waals surface area contributed by atoms with E-state index in [0.29, 0.717) is 6.42 Å². The molecule has 1 radical (unpaired) electrons. The lowest BCUT2D eigenvalue weighted by Crippen LogP contribution is -2.35. The molecule has 79 valence electrons. The second-order valence-corrected chi connectivity index (χ2v) is 3.20. The molecule has 0 saturated heterocycles. The maximum absolute atomic E-state index is 12.6. The Hall–Kier alpha value is -1.71. The molecule has 0 spiro atoms. The number of carbonyl (C=O) groups is 1. The van der Waals surface area contributed by atoms with E-state index < -0.39 is 6.04 Å². The van der Waals surface area contributed by atoms with Crippen LogP contribution in [-0.4, -0.2) is 18.2 Å². The molecule has 15 heavy (non-hydrogen) atoms. The molecule has 4 heteroatoms. The normalized spacial score (nSPS) is 11.9. The number of hydrogen-bond donors (Lipinski definition) is 1. The molecule has 0 aliphatic heterocycles. The van der Waals surface area contributed by atoms with Crippen molar-refractivity contribution in [3.8, 4) is 0 Å². The van der Waals surface area contributed by atoms with Crippen LogP contribution in [0.2, 0.25) is 0 Å². The average molecular weight is 208 g/mol. The van der Waals surface area contributed by atoms with Crippen LogP contribution in [0.15, 0.2) is 24.3 Å². The van der Waals surface area contributed by atoms with Gasteiger partial charge in [-0.1, -0.05) is 12.1 Å². The van der Waals surface area contributed by atoms with Gasteiger partial charge in [-0.25, -0.2) is 4.39 Å². The summed E-state index contributed by atoms with van der Waals surface area (Å²) in [5.74, 6) is -0.615. The molecule has 1 amide bonds. The highest BCUT2D eigenvalue weighted by molar-refractivity contribution is 5.77. The Morgan fingerprint density at radius 1 is 1.47 bits per heavy atom. The van der Waals surface area contributed by atoms with E-state index in [4.69, 9.17) is 0 Å². The number of nitrogens with one attached hydrogen (secondary N) is 1. The highest BCUT2D eigenvalue weighted by atomic mass is 19.1. The van der Waals surface area contributed by atoms with Gasteiger partial charge < -0.3 is 5.32 Å². The van der Waals surface area contributed by atoms with Gasteiger partial charge in [-0.05, 0) is 17.7 Å². The van der Waals surface area contributed by atoms with E-state index in [2.05, 4.69) is 5.32 Å². The second kappa shape index (κ2) is 5.24. The Kier molecular flexibility index (Phi) is 3.97. The zero-order chi connectivity index (χ0) is 11.3. The molecule has 0 bridgehead atoms. The molecule has 0 heterocycles. The van der Waals surface area contributed by atoms with E-state index in [-0.39, 0.29) is 11.7 Å². The molecule has 0 aliphatic rings.